The summed E-state index contributed by atoms with van der Waals surface area (Å²) in [6, 6.07) is 7.68. The fourth-order valence-corrected chi connectivity index (χ4v) is 3.56. The Bertz CT molecular complexity index is 547. The predicted molar refractivity (Wildman–Crippen MR) is 86.9 cm³/mol. The van der Waals surface area contributed by atoms with E-state index in [9.17, 15) is 4.39 Å². The van der Waals surface area contributed by atoms with Crippen LogP contribution in [0.15, 0.2) is 24.3 Å². The average Bonchev–Trinajstić information content (AvgIpc) is 2.81. The molecule has 0 amide bonds. The van der Waals surface area contributed by atoms with E-state index in [2.05, 4.69) is 32.2 Å². The summed E-state index contributed by atoms with van der Waals surface area (Å²) in [5.41, 5.74) is 0. The highest BCUT2D eigenvalue weighted by Gasteiger charge is 2.14. The molecule has 1 atom stereocenters. The Hall–Kier alpha value is -0.930. The summed E-state index contributed by atoms with van der Waals surface area (Å²) >= 11 is 1.72. The van der Waals surface area contributed by atoms with Crippen LogP contribution in [0.5, 0.6) is 0 Å². The van der Waals surface area contributed by atoms with E-state index >= 15 is 0 Å². The quantitative estimate of drug-likeness (QED) is 0.709. The number of fused-ring (bicyclic) bond motifs is 1. The molecule has 0 aliphatic heterocycles. The second-order valence-electron chi connectivity index (χ2n) is 5.81. The van der Waals surface area contributed by atoms with Crippen LogP contribution in [0.2, 0.25) is 0 Å². The van der Waals surface area contributed by atoms with Crippen LogP contribution >= 0.6 is 11.3 Å². The first-order valence-corrected chi connectivity index (χ1v) is 8.34. The van der Waals surface area contributed by atoms with Gasteiger partial charge in [0, 0.05) is 15.6 Å². The molecular formula is C17H24FNS. The molecule has 0 spiro atoms. The highest BCUT2D eigenvalue weighted by molar-refractivity contribution is 7.19. The van der Waals surface area contributed by atoms with Crippen LogP contribution in [-0.4, -0.2) is 6.54 Å². The molecule has 0 saturated heterocycles. The zero-order valence-corrected chi connectivity index (χ0v) is 13.4. The van der Waals surface area contributed by atoms with E-state index in [0.29, 0.717) is 12.0 Å². The van der Waals surface area contributed by atoms with Crippen molar-refractivity contribution in [3.8, 4) is 0 Å². The first-order chi connectivity index (χ1) is 9.60. The summed E-state index contributed by atoms with van der Waals surface area (Å²) < 4.78 is 14.3. The molecule has 1 heterocycles. The molecule has 2 rings (SSSR count). The molecule has 0 saturated carbocycles. The largest absolute Gasteiger partial charge is 0.309 e. The molecule has 110 valence electrons. The molecule has 1 aromatic carbocycles. The van der Waals surface area contributed by atoms with Crippen LogP contribution in [0.4, 0.5) is 4.39 Å². The van der Waals surface area contributed by atoms with Crippen LogP contribution in [0.25, 0.3) is 10.1 Å². The molecule has 2 aromatic rings. The Morgan fingerprint density at radius 2 is 2.00 bits per heavy atom. The zero-order chi connectivity index (χ0) is 14.5. The van der Waals surface area contributed by atoms with Gasteiger partial charge in [-0.25, -0.2) is 4.39 Å². The van der Waals surface area contributed by atoms with E-state index in [1.165, 1.54) is 11.3 Å². The summed E-state index contributed by atoms with van der Waals surface area (Å²) in [4.78, 5) is 1.33. The Balaban J connectivity index is 2.20. The third kappa shape index (κ3) is 4.03. The highest BCUT2D eigenvalue weighted by Crippen LogP contribution is 2.33. The normalized spacial score (nSPS) is 13.2. The SMILES string of the molecule is CCCNC(CCC(C)C)c1cc2ccc(F)cc2s1. The Labute approximate surface area is 125 Å². The first kappa shape index (κ1) is 15.5. The standard InChI is InChI=1S/C17H24FNS/c1-4-9-19-15(8-5-12(2)3)17-10-13-6-7-14(18)11-16(13)20-17/h6-7,10-12,15,19H,4-5,8-9H2,1-3H3. The molecule has 1 unspecified atom stereocenters. The number of rotatable bonds is 7. The van der Waals surface area contributed by atoms with E-state index in [-0.39, 0.29) is 5.82 Å². The number of benzene rings is 1. The molecule has 0 aliphatic rings. The van der Waals surface area contributed by atoms with Gasteiger partial charge in [-0.05, 0) is 55.3 Å². The monoisotopic (exact) mass is 293 g/mol. The van der Waals surface area contributed by atoms with Gasteiger partial charge >= 0.3 is 0 Å². The Morgan fingerprint density at radius 3 is 2.70 bits per heavy atom. The van der Waals surface area contributed by atoms with Crippen LogP contribution in [0.3, 0.4) is 0 Å². The number of nitrogens with one attached hydrogen (secondary N) is 1. The maximum absolute atomic E-state index is 13.3. The van der Waals surface area contributed by atoms with Crippen LogP contribution in [0.1, 0.15) is 51.0 Å². The van der Waals surface area contributed by atoms with Gasteiger partial charge in [0.2, 0.25) is 0 Å². The van der Waals surface area contributed by atoms with Gasteiger partial charge < -0.3 is 5.32 Å². The minimum Gasteiger partial charge on any atom is -0.309 e. The smallest absolute Gasteiger partial charge is 0.124 e. The summed E-state index contributed by atoms with van der Waals surface area (Å²) in [5.74, 6) is 0.568. The Kier molecular flexibility index (Phi) is 5.55. The van der Waals surface area contributed by atoms with Crippen LogP contribution in [0, 0.1) is 11.7 Å². The second kappa shape index (κ2) is 7.19. The van der Waals surface area contributed by atoms with E-state index < -0.39 is 0 Å². The molecule has 1 N–H and O–H groups in total. The van der Waals surface area contributed by atoms with Crippen molar-refractivity contribution in [1.29, 1.82) is 0 Å². The minimum atomic E-state index is -0.147. The van der Waals surface area contributed by atoms with Crippen molar-refractivity contribution < 1.29 is 4.39 Å². The van der Waals surface area contributed by atoms with Crippen molar-refractivity contribution in [3.05, 3.63) is 35.0 Å². The molecule has 1 nitrogen and oxygen atoms in total. The predicted octanol–water partition coefficient (Wildman–Crippen LogP) is 5.52. The Morgan fingerprint density at radius 1 is 1.20 bits per heavy atom. The van der Waals surface area contributed by atoms with Gasteiger partial charge in [0.1, 0.15) is 5.82 Å². The number of hydrogen-bond donors (Lipinski definition) is 1. The molecule has 0 bridgehead atoms. The molecular weight excluding hydrogens is 269 g/mol. The molecule has 0 fully saturated rings. The molecule has 0 aliphatic carbocycles. The van der Waals surface area contributed by atoms with E-state index in [0.717, 1.165) is 29.5 Å². The third-order valence-corrected chi connectivity index (χ3v) is 4.73. The highest BCUT2D eigenvalue weighted by atomic mass is 32.1. The summed E-state index contributed by atoms with van der Waals surface area (Å²) in [5, 5.41) is 4.79. The van der Waals surface area contributed by atoms with Gasteiger partial charge in [0.15, 0.2) is 0 Å². The van der Waals surface area contributed by atoms with E-state index in [1.807, 2.05) is 6.07 Å². The number of hydrogen-bond acceptors (Lipinski definition) is 2. The van der Waals surface area contributed by atoms with Gasteiger partial charge in [-0.2, -0.15) is 0 Å². The average molecular weight is 293 g/mol. The third-order valence-electron chi connectivity index (χ3n) is 3.52. The lowest BCUT2D eigenvalue weighted by Gasteiger charge is -2.18. The van der Waals surface area contributed by atoms with Crippen molar-refractivity contribution in [2.45, 2.75) is 46.1 Å². The maximum atomic E-state index is 13.3. The van der Waals surface area contributed by atoms with Crippen molar-refractivity contribution in [2.24, 2.45) is 5.92 Å². The van der Waals surface area contributed by atoms with Gasteiger partial charge in [-0.3, -0.25) is 0 Å². The van der Waals surface area contributed by atoms with Gasteiger partial charge in [0.05, 0.1) is 0 Å². The summed E-state index contributed by atoms with van der Waals surface area (Å²) in [6.07, 6.45) is 3.49. The molecule has 0 radical (unpaired) electrons. The zero-order valence-electron chi connectivity index (χ0n) is 12.6. The first-order valence-electron chi connectivity index (χ1n) is 7.52. The molecule has 3 heteroatoms. The second-order valence-corrected chi connectivity index (χ2v) is 6.92. The van der Waals surface area contributed by atoms with E-state index in [4.69, 9.17) is 0 Å². The van der Waals surface area contributed by atoms with Gasteiger partial charge in [-0.15, -0.1) is 11.3 Å². The van der Waals surface area contributed by atoms with Crippen LogP contribution < -0.4 is 5.32 Å². The molecule has 20 heavy (non-hydrogen) atoms. The maximum Gasteiger partial charge on any atom is 0.124 e. The fourth-order valence-electron chi connectivity index (χ4n) is 2.36. The number of halogens is 1. The minimum absolute atomic E-state index is 0.147. The lowest BCUT2D eigenvalue weighted by molar-refractivity contribution is 0.445. The fraction of sp³-hybridized carbons (Fsp3) is 0.529. The van der Waals surface area contributed by atoms with E-state index in [1.54, 1.807) is 23.5 Å². The summed E-state index contributed by atoms with van der Waals surface area (Å²) in [6.45, 7) is 7.74. The van der Waals surface area contributed by atoms with Gasteiger partial charge in [0.25, 0.3) is 0 Å². The van der Waals surface area contributed by atoms with Gasteiger partial charge in [-0.1, -0.05) is 26.8 Å². The van der Waals surface area contributed by atoms with Crippen LogP contribution in [-0.2, 0) is 0 Å². The molecule has 1 aromatic heterocycles. The lowest BCUT2D eigenvalue weighted by atomic mass is 10.0. The number of thiophene rings is 1. The lowest BCUT2D eigenvalue weighted by Crippen LogP contribution is -2.21. The topological polar surface area (TPSA) is 12.0 Å². The van der Waals surface area contributed by atoms with Crippen molar-refractivity contribution in [3.63, 3.8) is 0 Å². The summed E-state index contributed by atoms with van der Waals surface area (Å²) in [7, 11) is 0. The van der Waals surface area contributed by atoms with Crippen molar-refractivity contribution in [1.82, 2.24) is 5.32 Å². The van der Waals surface area contributed by atoms with Crippen molar-refractivity contribution >= 4 is 21.4 Å². The van der Waals surface area contributed by atoms with Crippen molar-refractivity contribution in [2.75, 3.05) is 6.54 Å².